The fraction of sp³-hybridized carbons (Fsp3) is 0.143. The van der Waals surface area contributed by atoms with Crippen LogP contribution in [-0.2, 0) is 6.18 Å². The highest BCUT2D eigenvalue weighted by molar-refractivity contribution is 6.50. The van der Waals surface area contributed by atoms with Crippen molar-refractivity contribution >= 4 is 12.9 Å². The second-order valence-electron chi connectivity index (χ2n) is 2.76. The molecular formula is C7H3BF8N2. The van der Waals surface area contributed by atoms with Gasteiger partial charge in [-0.2, -0.15) is 17.6 Å². The summed E-state index contributed by atoms with van der Waals surface area (Å²) >= 11 is 0. The van der Waals surface area contributed by atoms with Crippen molar-refractivity contribution in [2.45, 2.75) is 6.18 Å². The molecule has 0 spiro atoms. The van der Waals surface area contributed by atoms with Gasteiger partial charge in [-0.15, -0.1) is 0 Å². The summed E-state index contributed by atoms with van der Waals surface area (Å²) < 4.78 is 87.5. The Morgan fingerprint density at radius 3 is 1.83 bits per heavy atom. The highest BCUT2D eigenvalue weighted by Crippen LogP contribution is 2.32. The predicted octanol–water partition coefficient (Wildman–Crippen LogP) is 4.63. The van der Waals surface area contributed by atoms with Crippen molar-refractivity contribution in [2.24, 2.45) is 0 Å². The normalized spacial score (nSPS) is 11.3. The van der Waals surface area contributed by atoms with E-state index in [9.17, 15) is 34.8 Å². The summed E-state index contributed by atoms with van der Waals surface area (Å²) in [6.45, 7) is 0. The third-order valence-corrected chi connectivity index (χ3v) is 1.38. The molecule has 1 aromatic carbocycles. The lowest BCUT2D eigenvalue weighted by molar-refractivity contribution is -0.137. The number of halogens is 8. The number of benzene rings is 1. The molecule has 0 N–H and O–H groups in total. The van der Waals surface area contributed by atoms with Crippen LogP contribution in [0, 0.1) is 11.2 Å². The van der Waals surface area contributed by atoms with Gasteiger partial charge in [-0.05, 0) is 12.1 Å². The van der Waals surface area contributed by atoms with Crippen LogP contribution in [0.3, 0.4) is 0 Å². The molecule has 0 saturated carbocycles. The lowest BCUT2D eigenvalue weighted by Gasteiger charge is -2.03. The standard InChI is InChI=1S/C7H3F4N2.BF4/c8-5-2-1-4(7(9,10)11)3-6(5)13-12;2-1(3,4)5/h1-3H;/q+1;-1. The molecule has 18 heavy (non-hydrogen) atoms. The second kappa shape index (κ2) is 5.66. The molecule has 1 aromatic rings. The number of alkyl halides is 3. The highest BCUT2D eigenvalue weighted by Gasteiger charge is 2.33. The number of hydrogen-bond donors (Lipinski definition) is 0. The van der Waals surface area contributed by atoms with Crippen LogP contribution in [0.2, 0.25) is 0 Å². The van der Waals surface area contributed by atoms with Gasteiger partial charge in [-0.1, -0.05) is 0 Å². The lowest BCUT2D eigenvalue weighted by Crippen LogP contribution is -2.04. The molecule has 1 rings (SSSR count). The first-order chi connectivity index (χ1) is 7.95. The van der Waals surface area contributed by atoms with Crippen LogP contribution < -0.4 is 0 Å². The molecular weight excluding hydrogens is 275 g/mol. The largest absolute Gasteiger partial charge is 0.673 e. The van der Waals surface area contributed by atoms with Crippen LogP contribution in [0.5, 0.6) is 0 Å². The van der Waals surface area contributed by atoms with Crippen molar-refractivity contribution < 1.29 is 34.8 Å². The summed E-state index contributed by atoms with van der Waals surface area (Å²) in [4.78, 5) is 2.37. The molecule has 11 heteroatoms. The lowest BCUT2D eigenvalue weighted by atomic mass is 10.2. The molecule has 0 aliphatic heterocycles. The van der Waals surface area contributed by atoms with E-state index in [4.69, 9.17) is 5.39 Å². The number of diazo groups is 1. The molecule has 0 aromatic heterocycles. The van der Waals surface area contributed by atoms with Gasteiger partial charge in [0, 0.05) is 6.07 Å². The summed E-state index contributed by atoms with van der Waals surface area (Å²) in [6.07, 6.45) is -4.56. The van der Waals surface area contributed by atoms with Crippen molar-refractivity contribution in [1.82, 2.24) is 0 Å². The molecule has 0 unspecified atom stereocenters. The van der Waals surface area contributed by atoms with Gasteiger partial charge >= 0.3 is 19.1 Å². The molecule has 0 saturated heterocycles. The summed E-state index contributed by atoms with van der Waals surface area (Å²) in [7, 11) is -6.00. The SMILES string of the molecule is F[B-](F)(F)F.N#[N+]c1cc(C(F)(F)F)ccc1F. The smallest absolute Gasteiger partial charge is 0.418 e. The molecule has 100 valence electrons. The van der Waals surface area contributed by atoms with Crippen LogP contribution in [0.25, 0.3) is 4.98 Å². The van der Waals surface area contributed by atoms with Crippen molar-refractivity contribution in [1.29, 1.82) is 5.39 Å². The van der Waals surface area contributed by atoms with E-state index < -0.39 is 30.5 Å². The molecule has 0 bridgehead atoms. The van der Waals surface area contributed by atoms with Crippen LogP contribution in [0.4, 0.5) is 40.5 Å². The van der Waals surface area contributed by atoms with Gasteiger partial charge in [0.1, 0.15) is 0 Å². The molecule has 2 nitrogen and oxygen atoms in total. The minimum atomic E-state index is -6.00. The third kappa shape index (κ3) is 6.67. The Morgan fingerprint density at radius 1 is 1.06 bits per heavy atom. The van der Waals surface area contributed by atoms with E-state index in [1.54, 1.807) is 0 Å². The molecule has 0 radical (unpaired) electrons. The maximum atomic E-state index is 12.5. The van der Waals surface area contributed by atoms with Gasteiger partial charge in [0.15, 0.2) is 4.98 Å². The van der Waals surface area contributed by atoms with Gasteiger partial charge in [-0.3, -0.25) is 0 Å². The number of rotatable bonds is 0. The summed E-state index contributed by atoms with van der Waals surface area (Å²) in [5, 5.41) is 8.13. The van der Waals surface area contributed by atoms with E-state index in [0.29, 0.717) is 18.2 Å². The van der Waals surface area contributed by atoms with Gasteiger partial charge in [0.25, 0.3) is 0 Å². The molecule has 0 amide bonds. The fourth-order valence-electron chi connectivity index (χ4n) is 0.766. The molecule has 0 aliphatic carbocycles. The minimum Gasteiger partial charge on any atom is -0.418 e. The number of hydrogen-bond acceptors (Lipinski definition) is 1. The monoisotopic (exact) mass is 278 g/mol. The Labute approximate surface area is 94.9 Å². The quantitative estimate of drug-likeness (QED) is 0.386. The first kappa shape index (κ1) is 16.1. The van der Waals surface area contributed by atoms with Crippen molar-refractivity contribution in [3.05, 3.63) is 34.6 Å². The van der Waals surface area contributed by atoms with Gasteiger partial charge in [0.05, 0.1) is 5.56 Å². The van der Waals surface area contributed by atoms with Crippen molar-refractivity contribution in [2.75, 3.05) is 0 Å². The van der Waals surface area contributed by atoms with Crippen LogP contribution in [0.1, 0.15) is 5.56 Å². The summed E-state index contributed by atoms with van der Waals surface area (Å²) in [6, 6.07) is 1.59. The topological polar surface area (TPSA) is 28.1 Å². The van der Waals surface area contributed by atoms with Gasteiger partial charge in [0.2, 0.25) is 11.2 Å². The Morgan fingerprint density at radius 2 is 1.50 bits per heavy atom. The summed E-state index contributed by atoms with van der Waals surface area (Å²) in [5.41, 5.74) is -1.78. The summed E-state index contributed by atoms with van der Waals surface area (Å²) in [5.74, 6) is -1.00. The van der Waals surface area contributed by atoms with Crippen LogP contribution in [-0.4, -0.2) is 7.25 Å². The molecule has 0 fully saturated rings. The number of nitrogens with zero attached hydrogens (tertiary/aromatic N) is 2. The van der Waals surface area contributed by atoms with Gasteiger partial charge < -0.3 is 17.3 Å². The average Bonchev–Trinajstić information content (AvgIpc) is 2.14. The highest BCUT2D eigenvalue weighted by atomic mass is 19.5. The molecule has 0 heterocycles. The zero-order valence-corrected chi connectivity index (χ0v) is 8.23. The van der Waals surface area contributed by atoms with E-state index in [2.05, 4.69) is 4.98 Å². The Kier molecular flexibility index (Phi) is 5.07. The maximum absolute atomic E-state index is 12.5. The Hall–Kier alpha value is -1.86. The fourth-order valence-corrected chi connectivity index (χ4v) is 0.766. The third-order valence-electron chi connectivity index (χ3n) is 1.38. The zero-order chi connectivity index (χ0) is 14.6. The maximum Gasteiger partial charge on any atom is 0.673 e. The average molecular weight is 278 g/mol. The molecule has 0 atom stereocenters. The van der Waals surface area contributed by atoms with E-state index in [1.165, 1.54) is 0 Å². The first-order valence-corrected chi connectivity index (χ1v) is 4.04. The van der Waals surface area contributed by atoms with E-state index in [1.807, 2.05) is 0 Å². The van der Waals surface area contributed by atoms with Gasteiger partial charge in [-0.25, -0.2) is 0 Å². The molecule has 0 aliphatic rings. The Bertz CT molecular complexity index is 440. The second-order valence-corrected chi connectivity index (χ2v) is 2.76. The zero-order valence-electron chi connectivity index (χ0n) is 8.23. The Balaban J connectivity index is 0.000000494. The van der Waals surface area contributed by atoms with E-state index in [0.717, 1.165) is 0 Å². The van der Waals surface area contributed by atoms with Crippen LogP contribution >= 0.6 is 0 Å². The minimum absolute atomic E-state index is 0.426. The van der Waals surface area contributed by atoms with E-state index >= 15 is 0 Å². The van der Waals surface area contributed by atoms with Crippen molar-refractivity contribution in [3.8, 4) is 0 Å². The van der Waals surface area contributed by atoms with Crippen molar-refractivity contribution in [3.63, 3.8) is 0 Å². The van der Waals surface area contributed by atoms with Crippen LogP contribution in [0.15, 0.2) is 18.2 Å². The first-order valence-electron chi connectivity index (χ1n) is 4.04. The predicted molar refractivity (Wildman–Crippen MR) is 46.3 cm³/mol. The van der Waals surface area contributed by atoms with E-state index in [-0.39, 0.29) is 0 Å².